The van der Waals surface area contributed by atoms with Crippen LogP contribution in [0.2, 0.25) is 0 Å². The summed E-state index contributed by atoms with van der Waals surface area (Å²) in [6.45, 7) is 4.02. The summed E-state index contributed by atoms with van der Waals surface area (Å²) in [6, 6.07) is 12.5. The van der Waals surface area contributed by atoms with E-state index in [4.69, 9.17) is 4.74 Å². The number of carbonyl (C=O) groups is 3. The number of ether oxygens (including phenoxy) is 1. The van der Waals surface area contributed by atoms with Crippen molar-refractivity contribution in [2.45, 2.75) is 19.8 Å². The Morgan fingerprint density at radius 1 is 1.06 bits per heavy atom. The van der Waals surface area contributed by atoms with E-state index >= 15 is 0 Å². The van der Waals surface area contributed by atoms with Crippen molar-refractivity contribution in [2.24, 2.45) is 0 Å². The van der Waals surface area contributed by atoms with E-state index in [-0.39, 0.29) is 24.3 Å². The Morgan fingerprint density at radius 3 is 2.47 bits per heavy atom. The van der Waals surface area contributed by atoms with Gasteiger partial charge in [-0.2, -0.15) is 11.8 Å². The highest BCUT2D eigenvalue weighted by molar-refractivity contribution is 7.99. The summed E-state index contributed by atoms with van der Waals surface area (Å²) in [4.78, 5) is 40.5. The summed E-state index contributed by atoms with van der Waals surface area (Å²) in [6.07, 6.45) is 1.47. The second kappa shape index (κ2) is 10.1. The minimum absolute atomic E-state index is 0.0358. The molecule has 2 aromatic carbocycles. The van der Waals surface area contributed by atoms with E-state index in [1.54, 1.807) is 29.2 Å². The topological polar surface area (TPSA) is 79.0 Å². The minimum atomic E-state index is -0.279. The van der Waals surface area contributed by atoms with Gasteiger partial charge in [0.15, 0.2) is 6.61 Å². The van der Waals surface area contributed by atoms with E-state index in [1.807, 2.05) is 41.8 Å². The highest BCUT2D eigenvalue weighted by Gasteiger charge is 2.22. The van der Waals surface area contributed by atoms with Gasteiger partial charge in [-0.1, -0.05) is 0 Å². The van der Waals surface area contributed by atoms with E-state index in [1.165, 1.54) is 0 Å². The van der Waals surface area contributed by atoms with Gasteiger partial charge in [0, 0.05) is 54.5 Å². The molecule has 168 valence electrons. The second-order valence-electron chi connectivity index (χ2n) is 7.91. The van der Waals surface area contributed by atoms with Gasteiger partial charge >= 0.3 is 0 Å². The molecule has 1 N–H and O–H groups in total. The molecular formula is C24H27N3O4S. The number of rotatable bonds is 6. The first-order valence-corrected chi connectivity index (χ1v) is 12.0. The number of anilines is 2. The summed E-state index contributed by atoms with van der Waals surface area (Å²) < 4.78 is 5.59. The van der Waals surface area contributed by atoms with Gasteiger partial charge in [-0.05, 0) is 61.4 Å². The van der Waals surface area contributed by atoms with Crippen LogP contribution in [0.15, 0.2) is 42.5 Å². The van der Waals surface area contributed by atoms with Crippen molar-refractivity contribution in [2.75, 3.05) is 48.0 Å². The summed E-state index contributed by atoms with van der Waals surface area (Å²) in [5.74, 6) is 2.40. The number of nitrogens with zero attached hydrogens (tertiary/aromatic N) is 2. The number of benzene rings is 2. The lowest BCUT2D eigenvalue weighted by atomic mass is 10.1. The van der Waals surface area contributed by atoms with Gasteiger partial charge in [-0.15, -0.1) is 0 Å². The molecule has 2 saturated heterocycles. The molecular weight excluding hydrogens is 426 g/mol. The average Bonchev–Trinajstić information content (AvgIpc) is 3.25. The Morgan fingerprint density at radius 2 is 1.81 bits per heavy atom. The third-order valence-electron chi connectivity index (χ3n) is 5.64. The Balaban J connectivity index is 1.30. The molecule has 0 radical (unpaired) electrons. The molecule has 2 aromatic rings. The molecule has 3 amide bonds. The molecule has 0 atom stereocenters. The first-order chi connectivity index (χ1) is 15.5. The monoisotopic (exact) mass is 453 g/mol. The number of thioether (sulfide) groups is 1. The van der Waals surface area contributed by atoms with Gasteiger partial charge in [0.05, 0.1) is 0 Å². The van der Waals surface area contributed by atoms with E-state index in [0.717, 1.165) is 48.8 Å². The van der Waals surface area contributed by atoms with E-state index in [0.29, 0.717) is 23.4 Å². The highest BCUT2D eigenvalue weighted by atomic mass is 32.2. The fraction of sp³-hybridized carbons (Fsp3) is 0.375. The van der Waals surface area contributed by atoms with Crippen molar-refractivity contribution < 1.29 is 19.1 Å². The summed E-state index contributed by atoms with van der Waals surface area (Å²) in [7, 11) is 0. The normalized spacial score (nSPS) is 16.2. The van der Waals surface area contributed by atoms with Crippen LogP contribution in [-0.2, 0) is 9.59 Å². The predicted octanol–water partition coefficient (Wildman–Crippen LogP) is 3.33. The number of amides is 3. The predicted molar refractivity (Wildman–Crippen MR) is 127 cm³/mol. The fourth-order valence-electron chi connectivity index (χ4n) is 3.86. The molecule has 0 bridgehead atoms. The average molecular weight is 454 g/mol. The van der Waals surface area contributed by atoms with Crippen LogP contribution in [0, 0.1) is 6.92 Å². The smallest absolute Gasteiger partial charge is 0.262 e. The van der Waals surface area contributed by atoms with Gasteiger partial charge in [0.2, 0.25) is 5.91 Å². The van der Waals surface area contributed by atoms with Crippen molar-refractivity contribution in [1.29, 1.82) is 0 Å². The van der Waals surface area contributed by atoms with Crippen molar-refractivity contribution in [3.05, 3.63) is 53.6 Å². The van der Waals surface area contributed by atoms with Crippen molar-refractivity contribution in [3.8, 4) is 5.75 Å². The SMILES string of the molecule is Cc1cc(C(=O)N2CCSCC2)ccc1NC(=O)COc1ccc(N2CCCC2=O)cc1. The van der Waals surface area contributed by atoms with Gasteiger partial charge in [0.25, 0.3) is 11.8 Å². The zero-order valence-corrected chi connectivity index (χ0v) is 19.0. The molecule has 32 heavy (non-hydrogen) atoms. The first kappa shape index (κ1) is 22.2. The molecule has 0 unspecified atom stereocenters. The molecule has 2 aliphatic rings. The summed E-state index contributed by atoms with van der Waals surface area (Å²) >= 11 is 1.86. The third-order valence-corrected chi connectivity index (χ3v) is 6.58. The Labute approximate surface area is 192 Å². The standard InChI is InChI=1S/C24H27N3O4S/c1-17-15-18(24(30)26-11-13-32-14-12-26)4-9-21(17)25-22(28)16-31-20-7-5-19(6-8-20)27-10-2-3-23(27)29/h4-9,15H,2-3,10-14,16H2,1H3,(H,25,28). The van der Waals surface area contributed by atoms with Crippen LogP contribution in [0.4, 0.5) is 11.4 Å². The maximum Gasteiger partial charge on any atom is 0.262 e. The van der Waals surface area contributed by atoms with Crippen LogP contribution < -0.4 is 15.0 Å². The highest BCUT2D eigenvalue weighted by Crippen LogP contribution is 2.24. The molecule has 2 heterocycles. The molecule has 0 spiro atoms. The van der Waals surface area contributed by atoms with Crippen LogP contribution in [0.25, 0.3) is 0 Å². The van der Waals surface area contributed by atoms with Gasteiger partial charge in [0.1, 0.15) is 5.75 Å². The van der Waals surface area contributed by atoms with Crippen LogP contribution in [-0.4, -0.2) is 60.4 Å². The lowest BCUT2D eigenvalue weighted by Crippen LogP contribution is -2.37. The Kier molecular flexibility index (Phi) is 6.99. The lowest BCUT2D eigenvalue weighted by Gasteiger charge is -2.26. The van der Waals surface area contributed by atoms with E-state index in [9.17, 15) is 14.4 Å². The third kappa shape index (κ3) is 5.24. The van der Waals surface area contributed by atoms with Crippen LogP contribution >= 0.6 is 11.8 Å². The maximum absolute atomic E-state index is 12.7. The van der Waals surface area contributed by atoms with Crippen molar-refractivity contribution >= 4 is 40.9 Å². The number of hydrogen-bond acceptors (Lipinski definition) is 5. The Bertz CT molecular complexity index is 1000. The molecule has 7 nitrogen and oxygen atoms in total. The Hall–Kier alpha value is -3.00. The minimum Gasteiger partial charge on any atom is -0.484 e. The molecule has 0 aromatic heterocycles. The number of hydrogen-bond donors (Lipinski definition) is 1. The molecule has 4 rings (SSSR count). The van der Waals surface area contributed by atoms with E-state index < -0.39 is 0 Å². The number of aryl methyl sites for hydroxylation is 1. The van der Waals surface area contributed by atoms with Gasteiger partial charge in [-0.25, -0.2) is 0 Å². The number of carbonyl (C=O) groups excluding carboxylic acids is 3. The number of nitrogens with one attached hydrogen (secondary N) is 1. The zero-order chi connectivity index (χ0) is 22.5. The molecule has 2 aliphatic heterocycles. The first-order valence-electron chi connectivity index (χ1n) is 10.8. The van der Waals surface area contributed by atoms with Crippen molar-refractivity contribution in [1.82, 2.24) is 4.90 Å². The molecule has 2 fully saturated rings. The quantitative estimate of drug-likeness (QED) is 0.726. The van der Waals surface area contributed by atoms with Crippen LogP contribution in [0.1, 0.15) is 28.8 Å². The largest absolute Gasteiger partial charge is 0.484 e. The van der Waals surface area contributed by atoms with Gasteiger partial charge < -0.3 is 19.9 Å². The summed E-state index contributed by atoms with van der Waals surface area (Å²) in [5.41, 5.74) is 2.97. The molecule has 0 saturated carbocycles. The zero-order valence-electron chi connectivity index (χ0n) is 18.1. The lowest BCUT2D eigenvalue weighted by molar-refractivity contribution is -0.118. The van der Waals surface area contributed by atoms with E-state index in [2.05, 4.69) is 5.32 Å². The summed E-state index contributed by atoms with van der Waals surface area (Å²) in [5, 5.41) is 2.84. The van der Waals surface area contributed by atoms with Crippen LogP contribution in [0.3, 0.4) is 0 Å². The second-order valence-corrected chi connectivity index (χ2v) is 9.14. The van der Waals surface area contributed by atoms with Crippen LogP contribution in [0.5, 0.6) is 5.75 Å². The van der Waals surface area contributed by atoms with Crippen molar-refractivity contribution in [3.63, 3.8) is 0 Å². The molecule has 8 heteroatoms. The fourth-order valence-corrected chi connectivity index (χ4v) is 4.77. The van der Waals surface area contributed by atoms with Gasteiger partial charge in [-0.3, -0.25) is 14.4 Å². The molecule has 0 aliphatic carbocycles. The maximum atomic E-state index is 12.7.